The molecule has 0 amide bonds. The third-order valence-electron chi connectivity index (χ3n) is 21.5. The fourth-order valence-corrected chi connectivity index (χ4v) is 17.5. The molecule has 0 spiro atoms. The molecule has 0 fully saturated rings. The van der Waals surface area contributed by atoms with Crippen molar-refractivity contribution in [2.45, 2.75) is 0 Å². The average Bonchev–Trinajstić information content (AvgIpc) is 1.51. The molecule has 0 N–H and O–H groups in total. The minimum absolute atomic E-state index is 0.467. The first-order chi connectivity index (χ1) is 51.7. The second kappa shape index (κ2) is 22.3. The first-order valence-electron chi connectivity index (χ1n) is 35.3. The summed E-state index contributed by atoms with van der Waals surface area (Å²) in [5.74, 6) is 0.508. The van der Waals surface area contributed by atoms with Crippen molar-refractivity contribution in [3.63, 3.8) is 0 Å². The predicted molar refractivity (Wildman–Crippen MR) is 429 cm³/mol. The summed E-state index contributed by atoms with van der Waals surface area (Å²) in [5, 5.41) is 26.2. The van der Waals surface area contributed by atoms with Crippen LogP contribution in [0.3, 0.4) is 0 Å². The van der Waals surface area contributed by atoms with Gasteiger partial charge in [0.1, 0.15) is 11.6 Å². The molecule has 0 radical (unpaired) electrons. The van der Waals surface area contributed by atoms with Crippen LogP contribution in [0.15, 0.2) is 346 Å². The molecule has 0 bridgehead atoms. The maximum atomic E-state index is 13.2. The van der Waals surface area contributed by atoms with Crippen LogP contribution < -0.4 is 0 Å². The van der Waals surface area contributed by atoms with Gasteiger partial charge in [-0.3, -0.25) is 0 Å². The number of benzene rings is 15. The van der Waals surface area contributed by atoms with Crippen molar-refractivity contribution in [1.29, 1.82) is 5.26 Å². The van der Waals surface area contributed by atoms with Crippen molar-refractivity contribution in [3.05, 3.63) is 351 Å². The fourth-order valence-electron chi connectivity index (χ4n) is 17.5. The van der Waals surface area contributed by atoms with E-state index in [1.807, 2.05) is 12.1 Å². The summed E-state index contributed by atoms with van der Waals surface area (Å²) in [5.41, 5.74) is 22.5. The summed E-state index contributed by atoms with van der Waals surface area (Å²) in [6.07, 6.45) is 0. The lowest BCUT2D eigenvalue weighted by Gasteiger charge is -2.19. The zero-order valence-corrected chi connectivity index (χ0v) is 55.9. The number of para-hydroxylation sites is 10. The summed E-state index contributed by atoms with van der Waals surface area (Å²) >= 11 is 0. The maximum absolute atomic E-state index is 13.2. The van der Waals surface area contributed by atoms with Crippen LogP contribution in [-0.4, -0.2) is 37.4 Å². The smallest absolute Gasteiger partial charge is 0.160 e. The van der Waals surface area contributed by atoms with Crippen molar-refractivity contribution < 1.29 is 0 Å². The van der Waals surface area contributed by atoms with Crippen LogP contribution in [0.4, 0.5) is 0 Å². The van der Waals surface area contributed by atoms with Gasteiger partial charge in [-0.2, -0.15) is 5.26 Å². The van der Waals surface area contributed by atoms with Crippen molar-refractivity contribution in [2.24, 2.45) is 0 Å². The van der Waals surface area contributed by atoms with Gasteiger partial charge in [-0.1, -0.05) is 243 Å². The van der Waals surface area contributed by atoms with Gasteiger partial charge in [0.2, 0.25) is 0 Å². The molecule has 0 saturated heterocycles. The van der Waals surface area contributed by atoms with Crippen molar-refractivity contribution in [3.8, 4) is 74.1 Å². The lowest BCUT2D eigenvalue weighted by atomic mass is 10.0. The zero-order chi connectivity index (χ0) is 68.3. The van der Waals surface area contributed by atoms with Gasteiger partial charge in [-0.25, -0.2) is 9.97 Å². The Labute approximate surface area is 595 Å². The first-order valence-corrected chi connectivity index (χ1v) is 35.3. The number of hydrogen-bond donors (Lipinski definition) is 0. The van der Waals surface area contributed by atoms with Gasteiger partial charge in [0.15, 0.2) is 5.82 Å². The molecule has 9 nitrogen and oxygen atoms in total. The minimum atomic E-state index is 0.467. The van der Waals surface area contributed by atoms with Crippen LogP contribution in [0.25, 0.3) is 199 Å². The van der Waals surface area contributed by atoms with Crippen LogP contribution in [0.1, 0.15) is 5.56 Å². The van der Waals surface area contributed by atoms with Gasteiger partial charge in [0.25, 0.3) is 0 Å². The van der Waals surface area contributed by atoms with Gasteiger partial charge in [0.05, 0.1) is 89.0 Å². The number of rotatable bonds is 9. The van der Waals surface area contributed by atoms with E-state index in [1.165, 1.54) is 0 Å². The minimum Gasteiger partial charge on any atom is -0.308 e. The average molecular weight is 1320 g/mol. The third-order valence-corrected chi connectivity index (χ3v) is 21.5. The van der Waals surface area contributed by atoms with Crippen LogP contribution >= 0.6 is 0 Å². The van der Waals surface area contributed by atoms with E-state index in [4.69, 9.17) is 9.97 Å². The van der Waals surface area contributed by atoms with E-state index in [0.29, 0.717) is 22.8 Å². The number of nitrogens with zero attached hydrogens (tertiary/aromatic N) is 9. The molecule has 22 aromatic rings. The molecular formula is C95H57N9. The lowest BCUT2D eigenvalue weighted by molar-refractivity contribution is 1.11. The van der Waals surface area contributed by atoms with E-state index in [-0.39, 0.29) is 0 Å². The Balaban J connectivity index is 0.998. The zero-order valence-electron chi connectivity index (χ0n) is 55.9. The molecule has 0 aliphatic carbocycles. The molecule has 0 aliphatic heterocycles. The Morgan fingerprint density at radius 2 is 0.442 bits per heavy atom. The SMILES string of the molecule is N#Cc1c(-n2c3ccccc3c3c4c(c5ccccc5n4-c4ccccc4)c4c(c5ccccc5n4-c4ccccc4)c32)cc(-c2nc(-c3ccccc3)cc(-c3ccccc3)n2)cc1-n1c2ccccc2c2c3c(c4ccccc4n3-c3ccccc3)c3c(c4ccccc4n3-c3ccccc3)c21. The number of aromatic nitrogens is 8. The van der Waals surface area contributed by atoms with Crippen LogP contribution in [0.5, 0.6) is 0 Å². The lowest BCUT2D eigenvalue weighted by Crippen LogP contribution is -2.07. The number of fused-ring (bicyclic) bond motifs is 24. The monoisotopic (exact) mass is 1320 g/mol. The Kier molecular flexibility index (Phi) is 12.4. The maximum Gasteiger partial charge on any atom is 0.160 e. The first kappa shape index (κ1) is 57.6. The molecule has 482 valence electrons. The molecule has 9 heteroatoms. The Bertz CT molecular complexity index is 6810. The van der Waals surface area contributed by atoms with Crippen LogP contribution in [-0.2, 0) is 0 Å². The topological polar surface area (TPSA) is 79.2 Å². The highest BCUT2D eigenvalue weighted by Crippen LogP contribution is 2.54. The van der Waals surface area contributed by atoms with E-state index in [1.54, 1.807) is 0 Å². The van der Waals surface area contributed by atoms with E-state index in [9.17, 15) is 5.26 Å². The Morgan fingerprint density at radius 1 is 0.221 bits per heavy atom. The Hall–Kier alpha value is -14.3. The van der Waals surface area contributed by atoms with E-state index < -0.39 is 0 Å². The summed E-state index contributed by atoms with van der Waals surface area (Å²) in [6.45, 7) is 0. The van der Waals surface area contributed by atoms with Crippen molar-refractivity contribution in [1.82, 2.24) is 37.4 Å². The molecule has 7 heterocycles. The van der Waals surface area contributed by atoms with Crippen molar-refractivity contribution >= 4 is 131 Å². The third kappa shape index (κ3) is 8.07. The molecule has 0 atom stereocenters. The van der Waals surface area contributed by atoms with Gasteiger partial charge in [-0.05, 0) is 103 Å². The normalized spacial score (nSPS) is 12.0. The molecule has 0 unspecified atom stereocenters. The molecule has 7 aromatic heterocycles. The van der Waals surface area contributed by atoms with Gasteiger partial charge in [0, 0.05) is 104 Å². The largest absolute Gasteiger partial charge is 0.308 e. The van der Waals surface area contributed by atoms with Gasteiger partial charge < -0.3 is 27.4 Å². The van der Waals surface area contributed by atoms with Gasteiger partial charge in [-0.15, -0.1) is 0 Å². The van der Waals surface area contributed by atoms with E-state index >= 15 is 0 Å². The highest BCUT2D eigenvalue weighted by Gasteiger charge is 2.34. The highest BCUT2D eigenvalue weighted by atomic mass is 15.1. The summed E-state index contributed by atoms with van der Waals surface area (Å²) in [7, 11) is 0. The summed E-state index contributed by atoms with van der Waals surface area (Å²) in [6, 6.07) is 127. The predicted octanol–water partition coefficient (Wildman–Crippen LogP) is 23.9. The van der Waals surface area contributed by atoms with E-state index in [0.717, 1.165) is 182 Å². The molecule has 104 heavy (non-hydrogen) atoms. The molecule has 0 aliphatic rings. The van der Waals surface area contributed by atoms with Crippen molar-refractivity contribution in [2.75, 3.05) is 0 Å². The number of nitriles is 1. The second-order valence-corrected chi connectivity index (χ2v) is 27.0. The van der Waals surface area contributed by atoms with E-state index in [2.05, 4.69) is 367 Å². The molecule has 0 saturated carbocycles. The summed E-state index contributed by atoms with van der Waals surface area (Å²) < 4.78 is 14.8. The summed E-state index contributed by atoms with van der Waals surface area (Å²) in [4.78, 5) is 11.4. The second-order valence-electron chi connectivity index (χ2n) is 27.0. The highest BCUT2D eigenvalue weighted by molar-refractivity contribution is 6.42. The standard InChI is InChI=1S/C95H57N9/c96-58-72-81(103-79-53-29-23-47-70(79)87-91-83(66-43-19-25-49-75(66)99(91)62-35-11-3-12-36-62)89-85(93(87)103)68-45-21-27-51-77(68)101(89)64-39-15-5-16-40-64)55-61(95-97-73(59-31-7-1-8-32-59)57-74(98-95)60-33-9-2-10-34-60)56-82(72)104-80-54-30-24-48-71(80)88-92-84(67-44-20-26-50-76(67)100(92)63-37-13-4-14-38-63)90-86(94(88)104)69-46-22-28-52-78(69)102(90)65-41-17-6-18-42-65/h1-57H. The fraction of sp³-hybridized carbons (Fsp3) is 0. The Morgan fingerprint density at radius 3 is 0.702 bits per heavy atom. The number of hydrogen-bond acceptors (Lipinski definition) is 3. The van der Waals surface area contributed by atoms with Crippen LogP contribution in [0, 0.1) is 11.3 Å². The molecule has 15 aromatic carbocycles. The molecule has 22 rings (SSSR count). The van der Waals surface area contributed by atoms with Crippen LogP contribution in [0.2, 0.25) is 0 Å². The van der Waals surface area contributed by atoms with Gasteiger partial charge >= 0.3 is 0 Å². The quantitative estimate of drug-likeness (QED) is 0.144. The molecular weight excluding hydrogens is 1270 g/mol.